The first-order chi connectivity index (χ1) is 12.9. The monoisotopic (exact) mass is 383 g/mol. The largest absolute Gasteiger partial charge is 0.301 e. The van der Waals surface area contributed by atoms with Gasteiger partial charge in [-0.15, -0.1) is 11.3 Å². The lowest BCUT2D eigenvalue weighted by Crippen LogP contribution is -2.29. The molecule has 0 saturated carbocycles. The number of rotatable bonds is 7. The first-order valence-electron chi connectivity index (χ1n) is 8.97. The number of benzene rings is 1. The Bertz CT molecular complexity index is 930. The number of nitrogens with one attached hydrogen (secondary N) is 1. The van der Waals surface area contributed by atoms with Gasteiger partial charge in [0.15, 0.2) is 5.13 Å². The quantitative estimate of drug-likeness (QED) is 0.675. The third kappa shape index (κ3) is 5.02. The Morgan fingerprint density at radius 1 is 1.30 bits per heavy atom. The average Bonchev–Trinajstić information content (AvgIpc) is 3.26. The van der Waals surface area contributed by atoms with E-state index in [1.807, 2.05) is 41.3 Å². The van der Waals surface area contributed by atoms with Crippen molar-refractivity contribution in [2.75, 3.05) is 18.9 Å². The highest BCUT2D eigenvalue weighted by Gasteiger charge is 2.12. The van der Waals surface area contributed by atoms with Gasteiger partial charge in [-0.3, -0.25) is 14.4 Å². The molecule has 27 heavy (non-hydrogen) atoms. The van der Waals surface area contributed by atoms with Crippen LogP contribution in [0, 0.1) is 13.8 Å². The van der Waals surface area contributed by atoms with Gasteiger partial charge in [-0.05, 0) is 45.0 Å². The normalized spacial score (nSPS) is 11.1. The number of nitrogens with zero attached hydrogens (tertiary/aromatic N) is 4. The zero-order valence-corrected chi connectivity index (χ0v) is 17.0. The number of likely N-dealkylation sites (N-methyl/N-ethyl adjacent to an activating group) is 1. The molecule has 0 aliphatic heterocycles. The van der Waals surface area contributed by atoms with E-state index >= 15 is 0 Å². The molecule has 0 unspecified atom stereocenters. The number of hydrogen-bond donors (Lipinski definition) is 1. The molecule has 2 aromatic heterocycles. The van der Waals surface area contributed by atoms with Crippen LogP contribution < -0.4 is 5.32 Å². The van der Waals surface area contributed by atoms with E-state index in [4.69, 9.17) is 0 Å². The van der Waals surface area contributed by atoms with Crippen LogP contribution in [0.1, 0.15) is 23.6 Å². The zero-order valence-electron chi connectivity index (χ0n) is 16.2. The number of thiazole rings is 1. The predicted octanol–water partition coefficient (Wildman–Crippen LogP) is 3.71. The van der Waals surface area contributed by atoms with Gasteiger partial charge in [0.25, 0.3) is 0 Å². The van der Waals surface area contributed by atoms with E-state index in [0.717, 1.165) is 23.4 Å². The SMILES string of the molecule is CCn1cc(CN(C)CC(=O)Nc2nc(-c3ccc(C)c(C)c3)cs2)cn1. The van der Waals surface area contributed by atoms with Crippen molar-refractivity contribution in [1.82, 2.24) is 19.7 Å². The lowest BCUT2D eigenvalue weighted by Gasteiger charge is -2.14. The molecule has 0 atom stereocenters. The maximum absolute atomic E-state index is 12.3. The number of aryl methyl sites for hydroxylation is 3. The second-order valence-electron chi connectivity index (χ2n) is 6.76. The number of hydrogen-bond acceptors (Lipinski definition) is 5. The fourth-order valence-electron chi connectivity index (χ4n) is 2.80. The maximum atomic E-state index is 12.3. The molecule has 1 N–H and O–H groups in total. The van der Waals surface area contributed by atoms with Gasteiger partial charge in [0.2, 0.25) is 5.91 Å². The molecule has 1 aromatic carbocycles. The van der Waals surface area contributed by atoms with Gasteiger partial charge in [-0.1, -0.05) is 12.1 Å². The molecule has 0 aliphatic rings. The molecule has 0 aliphatic carbocycles. The average molecular weight is 384 g/mol. The highest BCUT2D eigenvalue weighted by Crippen LogP contribution is 2.26. The summed E-state index contributed by atoms with van der Waals surface area (Å²) in [4.78, 5) is 18.8. The molecule has 0 radical (unpaired) electrons. The van der Waals surface area contributed by atoms with Crippen LogP contribution in [0.25, 0.3) is 11.3 Å². The van der Waals surface area contributed by atoms with Gasteiger partial charge in [0, 0.05) is 35.8 Å². The molecule has 3 aromatic rings. The van der Waals surface area contributed by atoms with Crippen LogP contribution in [0.4, 0.5) is 5.13 Å². The second kappa shape index (κ2) is 8.45. The summed E-state index contributed by atoms with van der Waals surface area (Å²) in [6, 6.07) is 6.28. The minimum absolute atomic E-state index is 0.0682. The first-order valence-corrected chi connectivity index (χ1v) is 9.85. The highest BCUT2D eigenvalue weighted by atomic mass is 32.1. The number of amides is 1. The maximum Gasteiger partial charge on any atom is 0.240 e. The number of anilines is 1. The minimum Gasteiger partial charge on any atom is -0.301 e. The van der Waals surface area contributed by atoms with Crippen LogP contribution in [-0.2, 0) is 17.9 Å². The molecule has 0 fully saturated rings. The summed E-state index contributed by atoms with van der Waals surface area (Å²) in [5.41, 5.74) is 5.55. The molecule has 1 amide bonds. The molecule has 6 nitrogen and oxygen atoms in total. The van der Waals surface area contributed by atoms with Gasteiger partial charge in [0.05, 0.1) is 18.4 Å². The zero-order chi connectivity index (χ0) is 19.4. The fraction of sp³-hybridized carbons (Fsp3) is 0.350. The summed E-state index contributed by atoms with van der Waals surface area (Å²) >= 11 is 1.45. The Labute approximate surface area is 163 Å². The van der Waals surface area contributed by atoms with Crippen molar-refractivity contribution in [2.45, 2.75) is 33.9 Å². The summed E-state index contributed by atoms with van der Waals surface area (Å²) in [5, 5.41) is 9.76. The third-order valence-electron chi connectivity index (χ3n) is 4.43. The second-order valence-corrected chi connectivity index (χ2v) is 7.62. The summed E-state index contributed by atoms with van der Waals surface area (Å²) in [5.74, 6) is -0.0682. The summed E-state index contributed by atoms with van der Waals surface area (Å²) in [6.45, 7) is 8.06. The van der Waals surface area contributed by atoms with E-state index in [9.17, 15) is 4.79 Å². The summed E-state index contributed by atoms with van der Waals surface area (Å²) in [7, 11) is 1.92. The van der Waals surface area contributed by atoms with E-state index < -0.39 is 0 Å². The third-order valence-corrected chi connectivity index (χ3v) is 5.19. The molecule has 0 saturated heterocycles. The lowest BCUT2D eigenvalue weighted by atomic mass is 10.1. The number of carbonyl (C=O) groups excluding carboxylic acids is 1. The minimum atomic E-state index is -0.0682. The molecule has 0 bridgehead atoms. The van der Waals surface area contributed by atoms with Crippen LogP contribution in [0.5, 0.6) is 0 Å². The molecular formula is C20H25N5OS. The Morgan fingerprint density at radius 2 is 2.11 bits per heavy atom. The van der Waals surface area contributed by atoms with Gasteiger partial charge < -0.3 is 5.32 Å². The Kier molecular flexibility index (Phi) is 6.03. The number of aromatic nitrogens is 3. The van der Waals surface area contributed by atoms with Crippen LogP contribution in [0.3, 0.4) is 0 Å². The molecular weight excluding hydrogens is 358 g/mol. The fourth-order valence-corrected chi connectivity index (χ4v) is 3.53. The van der Waals surface area contributed by atoms with E-state index in [1.54, 1.807) is 0 Å². The van der Waals surface area contributed by atoms with Crippen molar-refractivity contribution in [2.24, 2.45) is 0 Å². The van der Waals surface area contributed by atoms with Crippen molar-refractivity contribution in [1.29, 1.82) is 0 Å². The van der Waals surface area contributed by atoms with Gasteiger partial charge in [-0.25, -0.2) is 4.98 Å². The molecule has 3 rings (SSSR count). The molecule has 142 valence electrons. The van der Waals surface area contributed by atoms with E-state index in [1.165, 1.54) is 22.5 Å². The van der Waals surface area contributed by atoms with Crippen LogP contribution in [-0.4, -0.2) is 39.2 Å². The van der Waals surface area contributed by atoms with Gasteiger partial charge >= 0.3 is 0 Å². The summed E-state index contributed by atoms with van der Waals surface area (Å²) < 4.78 is 1.88. The Morgan fingerprint density at radius 3 is 2.81 bits per heavy atom. The highest BCUT2D eigenvalue weighted by molar-refractivity contribution is 7.14. The van der Waals surface area contributed by atoms with E-state index in [-0.39, 0.29) is 5.91 Å². The van der Waals surface area contributed by atoms with E-state index in [2.05, 4.69) is 47.4 Å². The summed E-state index contributed by atoms with van der Waals surface area (Å²) in [6.07, 6.45) is 3.85. The van der Waals surface area contributed by atoms with Crippen LogP contribution >= 0.6 is 11.3 Å². The van der Waals surface area contributed by atoms with E-state index in [0.29, 0.717) is 18.2 Å². The Hall–Kier alpha value is -2.51. The van der Waals surface area contributed by atoms with Crippen molar-refractivity contribution in [3.05, 3.63) is 52.7 Å². The topological polar surface area (TPSA) is 63.1 Å². The lowest BCUT2D eigenvalue weighted by molar-refractivity contribution is -0.117. The predicted molar refractivity (Wildman–Crippen MR) is 110 cm³/mol. The molecule has 0 spiro atoms. The van der Waals surface area contributed by atoms with Gasteiger partial charge in [0.1, 0.15) is 0 Å². The van der Waals surface area contributed by atoms with Crippen LogP contribution in [0.15, 0.2) is 36.0 Å². The standard InChI is InChI=1S/C20H25N5OS/c1-5-25-11-16(9-21-25)10-24(4)12-19(26)23-20-22-18(13-27-20)17-7-6-14(2)15(3)8-17/h6-9,11,13H,5,10,12H2,1-4H3,(H,22,23,26). The van der Waals surface area contributed by atoms with Gasteiger partial charge in [-0.2, -0.15) is 5.10 Å². The smallest absolute Gasteiger partial charge is 0.240 e. The Balaban J connectivity index is 1.56. The molecule has 2 heterocycles. The van der Waals surface area contributed by atoms with Crippen LogP contribution in [0.2, 0.25) is 0 Å². The van der Waals surface area contributed by atoms with Crippen molar-refractivity contribution >= 4 is 22.4 Å². The number of carbonyl (C=O) groups is 1. The van der Waals surface area contributed by atoms with Crippen molar-refractivity contribution in [3.63, 3.8) is 0 Å². The molecule has 7 heteroatoms. The first kappa shape index (κ1) is 19.3. The van der Waals surface area contributed by atoms with Crippen molar-refractivity contribution in [3.8, 4) is 11.3 Å². The van der Waals surface area contributed by atoms with Crippen molar-refractivity contribution < 1.29 is 4.79 Å².